The Labute approximate surface area is 214 Å². The summed E-state index contributed by atoms with van der Waals surface area (Å²) in [5.74, 6) is -0.981. The number of alkyl halides is 2. The summed E-state index contributed by atoms with van der Waals surface area (Å²) < 4.78 is 34.3. The summed E-state index contributed by atoms with van der Waals surface area (Å²) in [5, 5.41) is 2.19. The summed E-state index contributed by atoms with van der Waals surface area (Å²) in [6.07, 6.45) is 5.58. The van der Waals surface area contributed by atoms with Crippen LogP contribution in [0.15, 0.2) is 42.5 Å². The second kappa shape index (κ2) is 9.54. The van der Waals surface area contributed by atoms with Gasteiger partial charge in [-0.05, 0) is 111 Å². The number of carbonyl (C=O) groups excluding carboxylic acids is 3. The molecule has 2 aromatic carbocycles. The minimum atomic E-state index is -2.97. The van der Waals surface area contributed by atoms with Crippen molar-refractivity contribution in [1.29, 1.82) is 0 Å². The van der Waals surface area contributed by atoms with Gasteiger partial charge < -0.3 is 9.47 Å². The quantitative estimate of drug-likeness (QED) is 0.514. The Morgan fingerprint density at radius 3 is 2.27 bits per heavy atom. The highest BCUT2D eigenvalue weighted by atomic mass is 19.3. The van der Waals surface area contributed by atoms with Gasteiger partial charge in [0.15, 0.2) is 6.61 Å². The summed E-state index contributed by atoms with van der Waals surface area (Å²) in [7, 11) is 0. The first-order valence-electron chi connectivity index (χ1n) is 12.7. The van der Waals surface area contributed by atoms with E-state index in [-0.39, 0.29) is 22.7 Å². The Hall–Kier alpha value is -3.29. The van der Waals surface area contributed by atoms with Gasteiger partial charge in [0.05, 0.1) is 5.41 Å². The fourth-order valence-corrected chi connectivity index (χ4v) is 7.22. The lowest BCUT2D eigenvalue weighted by Gasteiger charge is -2.61. The van der Waals surface area contributed by atoms with Crippen LogP contribution in [0.4, 0.5) is 8.78 Å². The Morgan fingerprint density at radius 2 is 1.65 bits per heavy atom. The average Bonchev–Trinajstić information content (AvgIpc) is 2.83. The zero-order valence-corrected chi connectivity index (χ0v) is 21.0. The summed E-state index contributed by atoms with van der Waals surface area (Å²) in [6.45, 7) is 0.699. The molecule has 6 rings (SSSR count). The van der Waals surface area contributed by atoms with Crippen LogP contribution in [0.2, 0.25) is 0 Å². The maximum atomic E-state index is 13.4. The first-order valence-corrected chi connectivity index (χ1v) is 12.7. The maximum absolute atomic E-state index is 13.4. The lowest BCUT2D eigenvalue weighted by molar-refractivity contribution is -0.175. The number of imide groups is 1. The predicted molar refractivity (Wildman–Crippen MR) is 131 cm³/mol. The molecule has 37 heavy (non-hydrogen) atoms. The number of ether oxygens (including phenoxy) is 2. The SMILES string of the molecule is Cc1ccc(C23C[C@H]4C[C@@H](CC(C(=O)OCC(=O)NC(=O)c5ccc(OC(F)F)cc5)(C4)C2)C3)cc1C. The molecule has 4 fully saturated rings. The van der Waals surface area contributed by atoms with Crippen LogP contribution in [0.5, 0.6) is 5.75 Å². The first kappa shape index (κ1) is 25.4. The van der Waals surface area contributed by atoms with E-state index in [1.54, 1.807) is 0 Å². The summed E-state index contributed by atoms with van der Waals surface area (Å²) in [5.41, 5.74) is 3.25. The maximum Gasteiger partial charge on any atom is 0.387 e. The van der Waals surface area contributed by atoms with Crippen molar-refractivity contribution in [2.45, 2.75) is 64.4 Å². The summed E-state index contributed by atoms with van der Waals surface area (Å²) in [4.78, 5) is 38.2. The molecule has 4 aliphatic carbocycles. The third kappa shape index (κ3) is 4.98. The van der Waals surface area contributed by atoms with Crippen LogP contribution >= 0.6 is 0 Å². The number of carbonyl (C=O) groups is 3. The van der Waals surface area contributed by atoms with Crippen LogP contribution in [-0.2, 0) is 19.7 Å². The molecule has 0 aromatic heterocycles. The molecule has 0 saturated heterocycles. The van der Waals surface area contributed by atoms with Gasteiger partial charge in [-0.3, -0.25) is 19.7 Å². The van der Waals surface area contributed by atoms with E-state index in [9.17, 15) is 23.2 Å². The molecule has 0 aliphatic heterocycles. The lowest BCUT2D eigenvalue weighted by atomic mass is 9.43. The highest BCUT2D eigenvalue weighted by molar-refractivity contribution is 6.05. The molecule has 8 heteroatoms. The van der Waals surface area contributed by atoms with Gasteiger partial charge in [0.1, 0.15) is 5.75 Å². The van der Waals surface area contributed by atoms with Crippen molar-refractivity contribution in [2.24, 2.45) is 17.3 Å². The van der Waals surface area contributed by atoms with Crippen molar-refractivity contribution in [3.63, 3.8) is 0 Å². The molecule has 6 nitrogen and oxygen atoms in total. The molecule has 2 amide bonds. The van der Waals surface area contributed by atoms with E-state index in [2.05, 4.69) is 42.1 Å². The first-order chi connectivity index (χ1) is 17.6. The van der Waals surface area contributed by atoms with Crippen LogP contribution in [-0.4, -0.2) is 31.0 Å². The second-order valence-corrected chi connectivity index (χ2v) is 11.2. The number of aryl methyl sites for hydroxylation is 2. The number of benzene rings is 2. The van der Waals surface area contributed by atoms with E-state index in [1.807, 2.05) is 0 Å². The van der Waals surface area contributed by atoms with Crippen LogP contribution in [0.1, 0.15) is 65.6 Å². The van der Waals surface area contributed by atoms with Crippen molar-refractivity contribution in [3.05, 3.63) is 64.7 Å². The topological polar surface area (TPSA) is 81.7 Å². The number of amides is 2. The number of halogens is 2. The van der Waals surface area contributed by atoms with E-state index < -0.39 is 30.4 Å². The van der Waals surface area contributed by atoms with E-state index in [0.29, 0.717) is 11.8 Å². The van der Waals surface area contributed by atoms with Gasteiger partial charge in [-0.1, -0.05) is 18.2 Å². The van der Waals surface area contributed by atoms with Gasteiger partial charge in [0, 0.05) is 5.56 Å². The highest BCUT2D eigenvalue weighted by Gasteiger charge is 2.61. The van der Waals surface area contributed by atoms with Crippen molar-refractivity contribution in [2.75, 3.05) is 6.61 Å². The van der Waals surface area contributed by atoms with Crippen LogP contribution in [0, 0.1) is 31.1 Å². The largest absolute Gasteiger partial charge is 0.455 e. The van der Waals surface area contributed by atoms with Crippen molar-refractivity contribution in [1.82, 2.24) is 5.32 Å². The van der Waals surface area contributed by atoms with E-state index in [0.717, 1.165) is 38.5 Å². The number of hydrogen-bond donors (Lipinski definition) is 1. The van der Waals surface area contributed by atoms with Gasteiger partial charge in [-0.15, -0.1) is 0 Å². The third-order valence-corrected chi connectivity index (χ3v) is 8.54. The van der Waals surface area contributed by atoms with E-state index >= 15 is 0 Å². The van der Waals surface area contributed by atoms with Gasteiger partial charge in [-0.2, -0.15) is 8.78 Å². The van der Waals surface area contributed by atoms with E-state index in [4.69, 9.17) is 4.74 Å². The molecule has 4 aliphatic rings. The van der Waals surface area contributed by atoms with Gasteiger partial charge in [0.2, 0.25) is 0 Å². The zero-order chi connectivity index (χ0) is 26.4. The Balaban J connectivity index is 1.22. The smallest absolute Gasteiger partial charge is 0.387 e. The number of rotatable bonds is 7. The van der Waals surface area contributed by atoms with Crippen molar-refractivity contribution >= 4 is 17.8 Å². The van der Waals surface area contributed by atoms with Gasteiger partial charge in [0.25, 0.3) is 11.8 Å². The molecule has 4 bridgehead atoms. The summed E-state index contributed by atoms with van der Waals surface area (Å²) in [6, 6.07) is 11.6. The molecule has 2 aromatic rings. The molecule has 0 heterocycles. The van der Waals surface area contributed by atoms with Crippen LogP contribution < -0.4 is 10.1 Å². The Bertz CT molecular complexity index is 1210. The van der Waals surface area contributed by atoms with Crippen LogP contribution in [0.3, 0.4) is 0 Å². The standard InChI is InChI=1S/C29H31F2NO5/c1-17-3-6-22(9-18(17)2)28-11-19-10-20(12-28)14-29(13-19,16-28)26(35)36-15-24(33)32-25(34)21-4-7-23(8-5-21)37-27(30)31/h3-9,19-20,27H,10-16H2,1-2H3,(H,32,33,34)/t19-,20-,28?,29?/m1/s1. The average molecular weight is 512 g/mol. The number of esters is 1. The molecule has 1 N–H and O–H groups in total. The fourth-order valence-electron chi connectivity index (χ4n) is 7.22. The molecule has 2 atom stereocenters. The molecule has 0 radical (unpaired) electrons. The second-order valence-electron chi connectivity index (χ2n) is 11.2. The molecule has 0 unspecified atom stereocenters. The van der Waals surface area contributed by atoms with E-state index in [1.165, 1.54) is 41.0 Å². The molecule has 0 spiro atoms. The molecular weight excluding hydrogens is 480 g/mol. The van der Waals surface area contributed by atoms with Crippen LogP contribution in [0.25, 0.3) is 0 Å². The minimum absolute atomic E-state index is 0.0417. The fraction of sp³-hybridized carbons (Fsp3) is 0.483. The zero-order valence-electron chi connectivity index (χ0n) is 21.0. The molecule has 4 saturated carbocycles. The normalized spacial score (nSPS) is 27.7. The lowest BCUT2D eigenvalue weighted by Crippen LogP contribution is -2.57. The van der Waals surface area contributed by atoms with Crippen molar-refractivity contribution in [3.8, 4) is 5.75 Å². The molecular formula is C29H31F2NO5. The third-order valence-electron chi connectivity index (χ3n) is 8.54. The highest BCUT2D eigenvalue weighted by Crippen LogP contribution is 2.66. The monoisotopic (exact) mass is 511 g/mol. The predicted octanol–water partition coefficient (Wildman–Crippen LogP) is 5.24. The van der Waals surface area contributed by atoms with Crippen molar-refractivity contribution < 1.29 is 32.6 Å². The molecule has 196 valence electrons. The Kier molecular flexibility index (Phi) is 6.54. The minimum Gasteiger partial charge on any atom is -0.455 e. The van der Waals surface area contributed by atoms with Gasteiger partial charge >= 0.3 is 12.6 Å². The Morgan fingerprint density at radius 1 is 0.973 bits per heavy atom. The summed E-state index contributed by atoms with van der Waals surface area (Å²) >= 11 is 0. The number of hydrogen-bond acceptors (Lipinski definition) is 5. The van der Waals surface area contributed by atoms with Gasteiger partial charge in [-0.25, -0.2) is 0 Å². The number of nitrogens with one attached hydrogen (secondary N) is 1.